The van der Waals surface area contributed by atoms with Crippen LogP contribution < -0.4 is 15.7 Å². The molecule has 0 amide bonds. The van der Waals surface area contributed by atoms with Crippen molar-refractivity contribution in [2.45, 2.75) is 37.6 Å². The van der Waals surface area contributed by atoms with E-state index in [-0.39, 0.29) is 11.2 Å². The smallest absolute Gasteiger partial charge is 0.350 e. The summed E-state index contributed by atoms with van der Waals surface area (Å²) in [7, 11) is 2.61. The Kier molecular flexibility index (Phi) is 3.91. The van der Waals surface area contributed by atoms with Crippen LogP contribution >= 0.6 is 19.8 Å². The van der Waals surface area contributed by atoms with E-state index in [9.17, 15) is 4.79 Å². The summed E-state index contributed by atoms with van der Waals surface area (Å²) >= 11 is 1.54. The lowest BCUT2D eigenvalue weighted by Crippen LogP contribution is -2.37. The number of ether oxygens (including phenoxy) is 1. The van der Waals surface area contributed by atoms with Crippen LogP contribution in [0.3, 0.4) is 0 Å². The van der Waals surface area contributed by atoms with Crippen molar-refractivity contribution in [1.29, 1.82) is 0 Å². The molecule has 116 valence electrons. The number of aromatic nitrogens is 2. The molecule has 1 atom stereocenters. The van der Waals surface area contributed by atoms with Gasteiger partial charge in [-0.2, -0.15) is 4.98 Å². The topological polar surface area (TPSA) is 56.2 Å². The van der Waals surface area contributed by atoms with Gasteiger partial charge in [-0.25, -0.2) is 4.79 Å². The van der Waals surface area contributed by atoms with Crippen molar-refractivity contribution in [2.75, 3.05) is 5.32 Å². The first-order valence-electron chi connectivity index (χ1n) is 7.05. The first kappa shape index (κ1) is 15.4. The fourth-order valence-electron chi connectivity index (χ4n) is 2.26. The molecule has 1 N–H and O–H groups in total. The normalized spacial score (nSPS) is 12.9. The summed E-state index contributed by atoms with van der Waals surface area (Å²) in [5.41, 5.74) is 0.260. The molecule has 5 nitrogen and oxygen atoms in total. The van der Waals surface area contributed by atoms with E-state index in [2.05, 4.69) is 18.7 Å². The van der Waals surface area contributed by atoms with Crippen molar-refractivity contribution in [1.82, 2.24) is 9.55 Å². The molecule has 22 heavy (non-hydrogen) atoms. The van der Waals surface area contributed by atoms with Crippen LogP contribution in [-0.4, -0.2) is 9.55 Å². The maximum Gasteiger partial charge on any atom is 0.350 e. The molecule has 0 fully saturated rings. The third-order valence-electron chi connectivity index (χ3n) is 3.99. The Balaban J connectivity index is 2.10. The lowest BCUT2D eigenvalue weighted by atomic mass is 10.0. The minimum atomic E-state index is -0.305. The fraction of sp³-hybridized carbons (Fsp3) is 0.333. The van der Waals surface area contributed by atoms with Crippen LogP contribution in [-0.2, 0) is 5.54 Å². The first-order chi connectivity index (χ1) is 10.5. The summed E-state index contributed by atoms with van der Waals surface area (Å²) in [6, 6.07) is 5.83. The highest BCUT2D eigenvalue weighted by Gasteiger charge is 2.26. The number of hydrogen-bond donors (Lipinski definition) is 1. The van der Waals surface area contributed by atoms with E-state index in [4.69, 9.17) is 4.74 Å². The molecule has 1 aromatic heterocycles. The minimum Gasteiger partial charge on any atom is -0.450 e. The molecule has 1 aromatic carbocycles. The number of nitrogens with one attached hydrogen (secondary N) is 1. The van der Waals surface area contributed by atoms with Crippen molar-refractivity contribution >= 4 is 31.3 Å². The predicted molar refractivity (Wildman–Crippen MR) is 93.5 cm³/mol. The van der Waals surface area contributed by atoms with Crippen molar-refractivity contribution in [3.63, 3.8) is 0 Å². The molecule has 0 aliphatic carbocycles. The van der Waals surface area contributed by atoms with Crippen molar-refractivity contribution in [3.05, 3.63) is 34.9 Å². The molecule has 1 unspecified atom stereocenters. The van der Waals surface area contributed by atoms with E-state index in [0.717, 1.165) is 22.8 Å². The molecule has 0 bridgehead atoms. The molecule has 1 aliphatic rings. The van der Waals surface area contributed by atoms with Crippen LogP contribution in [0.4, 0.5) is 11.5 Å². The van der Waals surface area contributed by atoms with E-state index in [0.29, 0.717) is 11.6 Å². The van der Waals surface area contributed by atoms with Gasteiger partial charge < -0.3 is 10.1 Å². The molecule has 7 heteroatoms. The second-order valence-electron chi connectivity index (χ2n) is 5.75. The summed E-state index contributed by atoms with van der Waals surface area (Å²) in [5.74, 6) is 1.77. The second-order valence-corrected chi connectivity index (χ2v) is 7.13. The van der Waals surface area contributed by atoms with Gasteiger partial charge in [0.25, 0.3) is 0 Å². The average Bonchev–Trinajstić information content (AvgIpc) is 2.51. The number of benzene rings is 1. The van der Waals surface area contributed by atoms with E-state index in [1.807, 2.05) is 39.0 Å². The zero-order valence-corrected chi connectivity index (χ0v) is 14.7. The van der Waals surface area contributed by atoms with Crippen LogP contribution in [0.2, 0.25) is 0 Å². The Morgan fingerprint density at radius 1 is 1.41 bits per heavy atom. The number of nitrogens with zero attached hydrogens (tertiary/aromatic N) is 2. The van der Waals surface area contributed by atoms with Gasteiger partial charge in [0.05, 0.1) is 11.9 Å². The third-order valence-corrected chi connectivity index (χ3v) is 5.34. The van der Waals surface area contributed by atoms with E-state index >= 15 is 0 Å². The summed E-state index contributed by atoms with van der Waals surface area (Å²) in [5, 5.41) is 3.21. The number of anilines is 2. The van der Waals surface area contributed by atoms with E-state index in [1.165, 1.54) is 11.4 Å². The van der Waals surface area contributed by atoms with Gasteiger partial charge in [-0.05, 0) is 32.4 Å². The van der Waals surface area contributed by atoms with Gasteiger partial charge in [-0.15, -0.1) is 11.4 Å². The highest BCUT2D eigenvalue weighted by Crippen LogP contribution is 2.46. The molecular weight excluding hydrogens is 317 g/mol. The summed E-state index contributed by atoms with van der Waals surface area (Å²) in [6.45, 7) is 6.06. The molecule has 1 aliphatic heterocycles. The highest BCUT2D eigenvalue weighted by molar-refractivity contribution is 8.43. The van der Waals surface area contributed by atoms with E-state index < -0.39 is 0 Å². The Morgan fingerprint density at radius 2 is 2.18 bits per heavy atom. The number of fused-ring (bicyclic) bond motifs is 2. The summed E-state index contributed by atoms with van der Waals surface area (Å²) < 4.78 is 7.58. The van der Waals surface area contributed by atoms with Crippen molar-refractivity contribution in [2.24, 2.45) is 0 Å². The van der Waals surface area contributed by atoms with Crippen LogP contribution in [0, 0.1) is 0 Å². The van der Waals surface area contributed by atoms with Crippen LogP contribution in [0.15, 0.2) is 34.1 Å². The second kappa shape index (κ2) is 5.60. The molecule has 3 rings (SSSR count). The lowest BCUT2D eigenvalue weighted by molar-refractivity contribution is 0.320. The van der Waals surface area contributed by atoms with Gasteiger partial charge in [-0.1, -0.05) is 21.4 Å². The standard InChI is InChI=1S/C15H18N3O2PS/c1-4-15(2,3)18-8-10-13(17-14(18)19)16-12-9(20-10)6-5-7-11(12)22-21/h5-8H,4,21H2,1-3H3,(H,16,17,19). The van der Waals surface area contributed by atoms with Gasteiger partial charge in [0.2, 0.25) is 0 Å². The Bertz CT molecular complexity index is 789. The number of para-hydroxylation sites is 1. The van der Waals surface area contributed by atoms with E-state index in [1.54, 1.807) is 10.8 Å². The molecule has 2 aromatic rings. The Morgan fingerprint density at radius 3 is 2.86 bits per heavy atom. The average molecular weight is 335 g/mol. The maximum atomic E-state index is 12.3. The van der Waals surface area contributed by atoms with Gasteiger partial charge in [0.1, 0.15) is 0 Å². The SMILES string of the molecule is CCC(C)(C)n1cc2c(nc1=O)Nc1c(cccc1SP)O2. The fourth-order valence-corrected chi connectivity index (χ4v) is 3.28. The molecule has 0 saturated carbocycles. The minimum absolute atomic E-state index is 0.277. The summed E-state index contributed by atoms with van der Waals surface area (Å²) in [6.07, 6.45) is 2.57. The van der Waals surface area contributed by atoms with Gasteiger partial charge in [0, 0.05) is 10.4 Å². The highest BCUT2D eigenvalue weighted by atomic mass is 32.7. The van der Waals surface area contributed by atoms with Crippen LogP contribution in [0.1, 0.15) is 27.2 Å². The number of hydrogen-bond acceptors (Lipinski definition) is 5. The Hall–Kier alpha value is -1.52. The largest absolute Gasteiger partial charge is 0.450 e. The quantitative estimate of drug-likeness (QED) is 0.730. The number of rotatable bonds is 3. The first-order valence-corrected chi connectivity index (χ1v) is 9.34. The molecular formula is C15H18N3O2PS. The monoisotopic (exact) mass is 335 g/mol. The Labute approximate surface area is 135 Å². The lowest BCUT2D eigenvalue weighted by Gasteiger charge is -2.28. The molecule has 2 heterocycles. The predicted octanol–water partition coefficient (Wildman–Crippen LogP) is 4.12. The van der Waals surface area contributed by atoms with Gasteiger partial charge in [-0.3, -0.25) is 4.57 Å². The molecule has 0 saturated heterocycles. The maximum absolute atomic E-state index is 12.3. The van der Waals surface area contributed by atoms with Gasteiger partial charge in [0.15, 0.2) is 17.3 Å². The zero-order valence-electron chi connectivity index (χ0n) is 12.7. The van der Waals surface area contributed by atoms with Crippen molar-refractivity contribution in [3.8, 4) is 11.5 Å². The molecule has 0 radical (unpaired) electrons. The van der Waals surface area contributed by atoms with Crippen LogP contribution in [0.5, 0.6) is 11.5 Å². The zero-order chi connectivity index (χ0) is 15.9. The van der Waals surface area contributed by atoms with Crippen LogP contribution in [0.25, 0.3) is 0 Å². The summed E-state index contributed by atoms with van der Waals surface area (Å²) in [4.78, 5) is 17.5. The molecule has 0 spiro atoms. The van der Waals surface area contributed by atoms with Crippen molar-refractivity contribution < 1.29 is 4.74 Å². The third kappa shape index (κ3) is 2.50. The van der Waals surface area contributed by atoms with Gasteiger partial charge >= 0.3 is 5.69 Å².